The molecule has 0 fully saturated rings. The molecule has 0 aliphatic heterocycles. The van der Waals surface area contributed by atoms with Gasteiger partial charge in [0.15, 0.2) is 0 Å². The quantitative estimate of drug-likeness (QED) is 0.628. The second-order valence-corrected chi connectivity index (χ2v) is 2.35. The maximum absolute atomic E-state index is 8.96. The van der Waals surface area contributed by atoms with Crippen molar-refractivity contribution in [1.82, 2.24) is 0 Å². The lowest BCUT2D eigenvalue weighted by atomic mass is 10.1. The highest BCUT2D eigenvalue weighted by molar-refractivity contribution is 5.55. The fourth-order valence-corrected chi connectivity index (χ4v) is 0.833. The van der Waals surface area contributed by atoms with Gasteiger partial charge in [0.25, 0.3) is 0 Å². The van der Waals surface area contributed by atoms with E-state index in [0.717, 1.165) is 11.1 Å². The Bertz CT molecular complexity index is 251. The number of rotatable bonds is 2. The van der Waals surface area contributed by atoms with Crippen LogP contribution in [-0.4, -0.2) is 5.11 Å². The zero-order valence-corrected chi connectivity index (χ0v) is 6.25. The summed E-state index contributed by atoms with van der Waals surface area (Å²) in [5.74, 6) is 0.0913. The van der Waals surface area contributed by atoms with Crippen LogP contribution >= 0.6 is 0 Å². The third-order valence-corrected chi connectivity index (χ3v) is 1.52. The largest absolute Gasteiger partial charge is 0.508 e. The first kappa shape index (κ1) is 7.82. The van der Waals surface area contributed by atoms with Gasteiger partial charge in [0.05, 0.1) is 0 Å². The van der Waals surface area contributed by atoms with Crippen LogP contribution in [0.25, 0.3) is 5.76 Å². The molecule has 0 atom stereocenters. The van der Waals surface area contributed by atoms with Crippen molar-refractivity contribution in [3.8, 4) is 0 Å². The van der Waals surface area contributed by atoms with Crippen LogP contribution in [0.2, 0.25) is 0 Å². The van der Waals surface area contributed by atoms with Crippen molar-refractivity contribution in [2.24, 2.45) is 5.73 Å². The van der Waals surface area contributed by atoms with Crippen molar-refractivity contribution in [1.29, 1.82) is 0 Å². The summed E-state index contributed by atoms with van der Waals surface area (Å²) < 4.78 is 0. The number of nitrogens with two attached hydrogens (primary N) is 1. The summed E-state index contributed by atoms with van der Waals surface area (Å²) in [4.78, 5) is 0. The van der Waals surface area contributed by atoms with Crippen LogP contribution < -0.4 is 5.73 Å². The first-order valence-electron chi connectivity index (χ1n) is 3.41. The van der Waals surface area contributed by atoms with Crippen molar-refractivity contribution in [2.75, 3.05) is 0 Å². The highest BCUT2D eigenvalue weighted by atomic mass is 16.3. The van der Waals surface area contributed by atoms with Crippen LogP contribution in [0.3, 0.4) is 0 Å². The maximum atomic E-state index is 8.96. The van der Waals surface area contributed by atoms with Gasteiger partial charge in [0.2, 0.25) is 0 Å². The first-order valence-corrected chi connectivity index (χ1v) is 3.41. The van der Waals surface area contributed by atoms with Gasteiger partial charge in [-0.05, 0) is 5.56 Å². The smallest absolute Gasteiger partial charge is 0.115 e. The minimum Gasteiger partial charge on any atom is -0.508 e. The topological polar surface area (TPSA) is 46.2 Å². The number of benzene rings is 1. The van der Waals surface area contributed by atoms with E-state index in [1.807, 2.05) is 12.1 Å². The molecule has 11 heavy (non-hydrogen) atoms. The van der Waals surface area contributed by atoms with Crippen molar-refractivity contribution >= 4 is 5.76 Å². The van der Waals surface area contributed by atoms with Crippen LogP contribution in [0, 0.1) is 0 Å². The van der Waals surface area contributed by atoms with Gasteiger partial charge >= 0.3 is 0 Å². The van der Waals surface area contributed by atoms with E-state index < -0.39 is 0 Å². The Kier molecular flexibility index (Phi) is 2.28. The highest BCUT2D eigenvalue weighted by Crippen LogP contribution is 2.09. The van der Waals surface area contributed by atoms with Crippen LogP contribution in [0.4, 0.5) is 0 Å². The van der Waals surface area contributed by atoms with Gasteiger partial charge < -0.3 is 10.8 Å². The second-order valence-electron chi connectivity index (χ2n) is 2.35. The first-order chi connectivity index (χ1) is 5.24. The Morgan fingerprint density at radius 1 is 1.36 bits per heavy atom. The van der Waals surface area contributed by atoms with E-state index in [0.29, 0.717) is 6.54 Å². The predicted molar refractivity (Wildman–Crippen MR) is 46.0 cm³/mol. The minimum atomic E-state index is 0.0913. The van der Waals surface area contributed by atoms with E-state index in [2.05, 4.69) is 6.58 Å². The molecular weight excluding hydrogens is 138 g/mol. The number of hydrogen-bond donors (Lipinski definition) is 2. The zero-order chi connectivity index (χ0) is 8.27. The average molecular weight is 149 g/mol. The molecule has 0 amide bonds. The second kappa shape index (κ2) is 3.21. The molecule has 1 rings (SSSR count). The van der Waals surface area contributed by atoms with Gasteiger partial charge in [-0.3, -0.25) is 0 Å². The summed E-state index contributed by atoms with van der Waals surface area (Å²) in [5, 5.41) is 8.96. The monoisotopic (exact) mass is 149 g/mol. The molecule has 3 N–H and O–H groups in total. The van der Waals surface area contributed by atoms with Crippen molar-refractivity contribution in [3.63, 3.8) is 0 Å². The van der Waals surface area contributed by atoms with Crippen LogP contribution in [-0.2, 0) is 6.54 Å². The van der Waals surface area contributed by atoms with E-state index in [9.17, 15) is 0 Å². The molecule has 58 valence electrons. The summed E-state index contributed by atoms with van der Waals surface area (Å²) >= 11 is 0. The zero-order valence-electron chi connectivity index (χ0n) is 6.25. The minimum absolute atomic E-state index is 0.0913. The van der Waals surface area contributed by atoms with Gasteiger partial charge in [-0.15, -0.1) is 0 Å². The van der Waals surface area contributed by atoms with Gasteiger partial charge in [0, 0.05) is 12.1 Å². The lowest BCUT2D eigenvalue weighted by Crippen LogP contribution is -1.95. The summed E-state index contributed by atoms with van der Waals surface area (Å²) in [6.45, 7) is 3.93. The fraction of sp³-hybridized carbons (Fsp3) is 0.111. The normalized spacial score (nSPS) is 9.55. The third-order valence-electron chi connectivity index (χ3n) is 1.52. The van der Waals surface area contributed by atoms with E-state index in [1.165, 1.54) is 0 Å². The Balaban J connectivity index is 2.91. The molecular formula is C9H11NO. The average Bonchev–Trinajstić information content (AvgIpc) is 2.05. The molecule has 0 radical (unpaired) electrons. The van der Waals surface area contributed by atoms with E-state index in [-0.39, 0.29) is 5.76 Å². The molecule has 0 unspecified atom stereocenters. The SMILES string of the molecule is C=C(O)c1ccc(CN)cc1. The molecule has 0 bridgehead atoms. The summed E-state index contributed by atoms with van der Waals surface area (Å²) in [6, 6.07) is 7.34. The summed E-state index contributed by atoms with van der Waals surface area (Å²) in [6.07, 6.45) is 0. The molecule has 0 aliphatic carbocycles. The Hall–Kier alpha value is -1.28. The van der Waals surface area contributed by atoms with E-state index >= 15 is 0 Å². The standard InChI is InChI=1S/C9H11NO/c1-7(11)9-4-2-8(6-10)3-5-9/h2-5,11H,1,6,10H2. The predicted octanol–water partition coefficient (Wildman–Crippen LogP) is 1.67. The van der Waals surface area contributed by atoms with Gasteiger partial charge in [-0.1, -0.05) is 30.8 Å². The molecule has 0 spiro atoms. The van der Waals surface area contributed by atoms with Crippen LogP contribution in [0.1, 0.15) is 11.1 Å². The molecule has 2 nitrogen and oxygen atoms in total. The molecule has 2 heteroatoms. The van der Waals surface area contributed by atoms with Crippen molar-refractivity contribution < 1.29 is 5.11 Å². The third kappa shape index (κ3) is 1.82. The molecule has 0 heterocycles. The highest BCUT2D eigenvalue weighted by Gasteiger charge is 1.94. The van der Waals surface area contributed by atoms with Crippen LogP contribution in [0.5, 0.6) is 0 Å². The number of aliphatic hydroxyl groups excluding tert-OH is 1. The van der Waals surface area contributed by atoms with E-state index in [4.69, 9.17) is 10.8 Å². The molecule has 0 saturated heterocycles. The lowest BCUT2D eigenvalue weighted by Gasteiger charge is -1.99. The Labute approximate surface area is 66.0 Å². The Morgan fingerprint density at radius 2 is 1.91 bits per heavy atom. The summed E-state index contributed by atoms with van der Waals surface area (Å²) in [5.41, 5.74) is 7.18. The van der Waals surface area contributed by atoms with Gasteiger partial charge in [-0.2, -0.15) is 0 Å². The maximum Gasteiger partial charge on any atom is 0.115 e. The molecule has 0 aliphatic rings. The van der Waals surface area contributed by atoms with Gasteiger partial charge in [-0.25, -0.2) is 0 Å². The molecule has 0 saturated carbocycles. The molecule has 1 aromatic rings. The lowest BCUT2D eigenvalue weighted by molar-refractivity contribution is 0.514. The number of hydrogen-bond acceptors (Lipinski definition) is 2. The fourth-order valence-electron chi connectivity index (χ4n) is 0.833. The molecule has 0 aromatic heterocycles. The number of aliphatic hydroxyl groups is 1. The Morgan fingerprint density at radius 3 is 2.27 bits per heavy atom. The van der Waals surface area contributed by atoms with Crippen molar-refractivity contribution in [3.05, 3.63) is 42.0 Å². The van der Waals surface area contributed by atoms with Gasteiger partial charge in [0.1, 0.15) is 5.76 Å². The van der Waals surface area contributed by atoms with E-state index in [1.54, 1.807) is 12.1 Å². The van der Waals surface area contributed by atoms with Crippen molar-refractivity contribution in [2.45, 2.75) is 6.54 Å². The molecule has 1 aromatic carbocycles. The van der Waals surface area contributed by atoms with Crippen LogP contribution in [0.15, 0.2) is 30.8 Å². The summed E-state index contributed by atoms with van der Waals surface area (Å²) in [7, 11) is 0.